The van der Waals surface area contributed by atoms with Crippen molar-refractivity contribution in [1.82, 2.24) is 0 Å². The zero-order valence-electron chi connectivity index (χ0n) is 11.1. The van der Waals surface area contributed by atoms with E-state index in [1.807, 2.05) is 0 Å². The monoisotopic (exact) mass is 288 g/mol. The van der Waals surface area contributed by atoms with Gasteiger partial charge in [0.05, 0.1) is 0 Å². The predicted octanol–water partition coefficient (Wildman–Crippen LogP) is 1.33. The summed E-state index contributed by atoms with van der Waals surface area (Å²) in [5.74, 6) is -0.410. The summed E-state index contributed by atoms with van der Waals surface area (Å²) in [6.45, 7) is 1.56. The first-order valence-corrected chi connectivity index (χ1v) is 6.30. The second kappa shape index (κ2) is 4.75. The summed E-state index contributed by atoms with van der Waals surface area (Å²) in [6, 6.07) is 7.50. The Morgan fingerprint density at radius 2 is 1.95 bits per heavy atom. The molecule has 1 aromatic heterocycles. The molecule has 2 unspecified atom stereocenters. The highest BCUT2D eigenvalue weighted by molar-refractivity contribution is 6.04. The number of phenolic OH excluding ortho intramolecular Hbond substituents is 1. The number of aliphatic hydroxyl groups is 1. The van der Waals surface area contributed by atoms with Crippen LogP contribution in [0.25, 0.3) is 0 Å². The molecule has 1 aromatic carbocycles. The standard InChI is InChI=1S/C15H12O6/c1-7-6-10-11(15(19)20-7)13(18)14(21-10)12(17)8-4-2-3-5-9(8)16/h2-6,12,14,16-17H,1H3. The van der Waals surface area contributed by atoms with E-state index in [9.17, 15) is 19.8 Å². The van der Waals surface area contributed by atoms with Crippen LogP contribution in [0.5, 0.6) is 11.5 Å². The number of rotatable bonds is 2. The van der Waals surface area contributed by atoms with Gasteiger partial charge in [-0.25, -0.2) is 4.79 Å². The van der Waals surface area contributed by atoms with Gasteiger partial charge in [0.2, 0.25) is 5.78 Å². The van der Waals surface area contributed by atoms with E-state index in [1.54, 1.807) is 19.1 Å². The first-order valence-electron chi connectivity index (χ1n) is 6.30. The Balaban J connectivity index is 2.00. The second-order valence-corrected chi connectivity index (χ2v) is 4.79. The van der Waals surface area contributed by atoms with Gasteiger partial charge < -0.3 is 19.4 Å². The molecule has 3 rings (SSSR count). The van der Waals surface area contributed by atoms with Crippen molar-refractivity contribution >= 4 is 5.78 Å². The van der Waals surface area contributed by atoms with Crippen molar-refractivity contribution in [2.24, 2.45) is 0 Å². The Morgan fingerprint density at radius 3 is 2.67 bits per heavy atom. The number of aromatic hydroxyl groups is 1. The van der Waals surface area contributed by atoms with E-state index in [0.717, 1.165) is 0 Å². The molecule has 21 heavy (non-hydrogen) atoms. The van der Waals surface area contributed by atoms with E-state index >= 15 is 0 Å². The van der Waals surface area contributed by atoms with Gasteiger partial charge in [0, 0.05) is 11.6 Å². The summed E-state index contributed by atoms with van der Waals surface area (Å²) in [6.07, 6.45) is -2.66. The van der Waals surface area contributed by atoms with Gasteiger partial charge in [0.15, 0.2) is 6.10 Å². The molecule has 2 heterocycles. The van der Waals surface area contributed by atoms with Crippen molar-refractivity contribution in [3.05, 3.63) is 57.6 Å². The zero-order chi connectivity index (χ0) is 15.1. The first kappa shape index (κ1) is 13.4. The number of hydrogen-bond acceptors (Lipinski definition) is 6. The van der Waals surface area contributed by atoms with Gasteiger partial charge in [-0.3, -0.25) is 4.79 Å². The molecule has 0 spiro atoms. The summed E-state index contributed by atoms with van der Waals surface area (Å²) < 4.78 is 10.2. The fraction of sp³-hybridized carbons (Fsp3) is 0.200. The molecular formula is C15H12O6. The summed E-state index contributed by atoms with van der Waals surface area (Å²) >= 11 is 0. The third-order valence-electron chi connectivity index (χ3n) is 3.34. The van der Waals surface area contributed by atoms with Crippen LogP contribution < -0.4 is 10.4 Å². The van der Waals surface area contributed by atoms with Crippen molar-refractivity contribution in [2.45, 2.75) is 19.1 Å². The molecule has 2 N–H and O–H groups in total. The molecule has 6 heteroatoms. The molecule has 0 aliphatic carbocycles. The van der Waals surface area contributed by atoms with Gasteiger partial charge in [-0.1, -0.05) is 18.2 Å². The number of carbonyl (C=O) groups excluding carboxylic acids is 1. The van der Waals surface area contributed by atoms with E-state index in [2.05, 4.69) is 0 Å². The van der Waals surface area contributed by atoms with Crippen molar-refractivity contribution in [2.75, 3.05) is 0 Å². The molecule has 2 atom stereocenters. The Kier molecular flexibility index (Phi) is 3.03. The lowest BCUT2D eigenvalue weighted by Crippen LogP contribution is -2.30. The van der Waals surface area contributed by atoms with Crippen LogP contribution in [0.4, 0.5) is 0 Å². The third kappa shape index (κ3) is 2.09. The molecule has 1 aliphatic rings. The molecule has 6 nitrogen and oxygen atoms in total. The van der Waals surface area contributed by atoms with Crippen LogP contribution in [0.2, 0.25) is 0 Å². The third-order valence-corrected chi connectivity index (χ3v) is 3.34. The molecule has 0 saturated carbocycles. The van der Waals surface area contributed by atoms with E-state index in [0.29, 0.717) is 5.76 Å². The van der Waals surface area contributed by atoms with Crippen LogP contribution in [-0.2, 0) is 0 Å². The molecule has 2 aromatic rings. The molecule has 0 amide bonds. The Labute approximate surface area is 119 Å². The molecule has 0 bridgehead atoms. The molecule has 0 saturated heterocycles. The highest BCUT2D eigenvalue weighted by Crippen LogP contribution is 2.35. The summed E-state index contributed by atoms with van der Waals surface area (Å²) in [4.78, 5) is 23.9. The Morgan fingerprint density at radius 1 is 1.24 bits per heavy atom. The van der Waals surface area contributed by atoms with Crippen molar-refractivity contribution in [3.8, 4) is 11.5 Å². The van der Waals surface area contributed by atoms with Gasteiger partial charge in [-0.2, -0.15) is 0 Å². The smallest absolute Gasteiger partial charge is 0.350 e. The topological polar surface area (TPSA) is 97.0 Å². The van der Waals surface area contributed by atoms with Crippen LogP contribution in [0.3, 0.4) is 0 Å². The van der Waals surface area contributed by atoms with E-state index in [4.69, 9.17) is 9.15 Å². The number of phenols is 1. The molecule has 0 fully saturated rings. The zero-order valence-corrected chi connectivity index (χ0v) is 11.1. The number of Topliss-reactive ketones (excluding diaryl/α,β-unsaturated/α-hetero) is 1. The number of aliphatic hydroxyl groups excluding tert-OH is 1. The largest absolute Gasteiger partial charge is 0.508 e. The number of ether oxygens (including phenoxy) is 1. The van der Waals surface area contributed by atoms with Crippen LogP contribution in [-0.4, -0.2) is 22.1 Å². The van der Waals surface area contributed by atoms with Crippen molar-refractivity contribution < 1.29 is 24.2 Å². The minimum Gasteiger partial charge on any atom is -0.508 e. The maximum absolute atomic E-state index is 12.2. The maximum Gasteiger partial charge on any atom is 0.350 e. The number of benzene rings is 1. The van der Waals surface area contributed by atoms with Crippen LogP contribution in [0.15, 0.2) is 39.5 Å². The number of para-hydroxylation sites is 1. The SMILES string of the molecule is Cc1cc2c(c(=O)o1)C(=O)C(C(O)c1ccccc1O)O2. The quantitative estimate of drug-likeness (QED) is 0.865. The minimum atomic E-state index is -1.38. The van der Waals surface area contributed by atoms with Gasteiger partial charge in [0.1, 0.15) is 28.9 Å². The number of fused-ring (bicyclic) bond motifs is 1. The first-order chi connectivity index (χ1) is 9.99. The molecule has 0 radical (unpaired) electrons. The van der Waals surface area contributed by atoms with E-state index in [-0.39, 0.29) is 22.6 Å². The van der Waals surface area contributed by atoms with Crippen LogP contribution in [0.1, 0.15) is 27.8 Å². The van der Waals surface area contributed by atoms with Gasteiger partial charge in [-0.05, 0) is 13.0 Å². The fourth-order valence-electron chi connectivity index (χ4n) is 2.34. The molecule has 1 aliphatic heterocycles. The minimum absolute atomic E-state index is 0.0909. The van der Waals surface area contributed by atoms with Crippen molar-refractivity contribution in [3.63, 3.8) is 0 Å². The van der Waals surface area contributed by atoms with E-state index < -0.39 is 23.6 Å². The summed E-state index contributed by atoms with van der Waals surface area (Å²) in [5, 5.41) is 20.0. The fourth-order valence-corrected chi connectivity index (χ4v) is 2.34. The number of carbonyl (C=O) groups is 1. The highest BCUT2D eigenvalue weighted by Gasteiger charge is 2.41. The average molecular weight is 288 g/mol. The van der Waals surface area contributed by atoms with Crippen molar-refractivity contribution in [1.29, 1.82) is 0 Å². The van der Waals surface area contributed by atoms with Gasteiger partial charge in [-0.15, -0.1) is 0 Å². The van der Waals surface area contributed by atoms with Crippen LogP contribution >= 0.6 is 0 Å². The van der Waals surface area contributed by atoms with Gasteiger partial charge in [0.25, 0.3) is 0 Å². The molecule has 108 valence electrons. The number of aryl methyl sites for hydroxylation is 1. The van der Waals surface area contributed by atoms with E-state index in [1.165, 1.54) is 18.2 Å². The normalized spacial score (nSPS) is 18.2. The number of hydrogen-bond donors (Lipinski definition) is 2. The number of ketones is 1. The Bertz CT molecular complexity index is 776. The average Bonchev–Trinajstić information content (AvgIpc) is 2.75. The maximum atomic E-state index is 12.2. The molecular weight excluding hydrogens is 276 g/mol. The van der Waals surface area contributed by atoms with Gasteiger partial charge >= 0.3 is 5.63 Å². The lowest BCUT2D eigenvalue weighted by molar-refractivity contribution is 0.0398. The second-order valence-electron chi connectivity index (χ2n) is 4.79. The highest BCUT2D eigenvalue weighted by atomic mass is 16.5. The predicted molar refractivity (Wildman–Crippen MR) is 71.5 cm³/mol. The lowest BCUT2D eigenvalue weighted by Gasteiger charge is -2.17. The lowest BCUT2D eigenvalue weighted by atomic mass is 9.99. The summed E-state index contributed by atoms with van der Waals surface area (Å²) in [5.41, 5.74) is -0.841. The summed E-state index contributed by atoms with van der Waals surface area (Å²) in [7, 11) is 0. The van der Waals surface area contributed by atoms with Crippen LogP contribution in [0, 0.1) is 6.92 Å². The Hall–Kier alpha value is -2.60.